The van der Waals surface area contributed by atoms with E-state index in [9.17, 15) is 13.2 Å². The van der Waals surface area contributed by atoms with Crippen molar-refractivity contribution < 1.29 is 17.7 Å². The highest BCUT2D eigenvalue weighted by Crippen LogP contribution is 2.27. The maximum Gasteiger partial charge on any atom is 0.234 e. The second-order valence-electron chi connectivity index (χ2n) is 4.29. The van der Waals surface area contributed by atoms with Gasteiger partial charge in [0.05, 0.1) is 11.4 Å². The van der Waals surface area contributed by atoms with E-state index in [4.69, 9.17) is 15.2 Å². The molecule has 1 aliphatic rings. The number of carbonyl (C=O) groups is 1. The van der Waals surface area contributed by atoms with E-state index in [0.29, 0.717) is 18.8 Å². The molecule has 1 saturated heterocycles. The highest BCUT2D eigenvalue weighted by Gasteiger charge is 2.34. The van der Waals surface area contributed by atoms with Gasteiger partial charge in [0, 0.05) is 35.6 Å². The van der Waals surface area contributed by atoms with Crippen LogP contribution in [0.3, 0.4) is 0 Å². The van der Waals surface area contributed by atoms with Crippen LogP contribution < -0.4 is 4.90 Å². The van der Waals surface area contributed by atoms with Gasteiger partial charge in [0.1, 0.15) is 0 Å². The molecule has 8 heteroatoms. The highest BCUT2D eigenvalue weighted by molar-refractivity contribution is 8.13. The molecule has 6 nitrogen and oxygen atoms in total. The molecule has 1 aliphatic heterocycles. The smallest absolute Gasteiger partial charge is 0.234 e. The van der Waals surface area contributed by atoms with Crippen molar-refractivity contribution in [2.45, 2.75) is 19.8 Å². The third-order valence-corrected chi connectivity index (χ3v) is 4.06. The first-order chi connectivity index (χ1) is 8.39. The molecule has 18 heavy (non-hydrogen) atoms. The van der Waals surface area contributed by atoms with Crippen LogP contribution >= 0.6 is 10.7 Å². The number of amides is 1. The number of anilines is 1. The molecule has 1 aromatic rings. The van der Waals surface area contributed by atoms with Gasteiger partial charge in [-0.15, -0.1) is 0 Å². The van der Waals surface area contributed by atoms with Gasteiger partial charge in [-0.05, 0) is 6.42 Å². The van der Waals surface area contributed by atoms with E-state index in [0.717, 1.165) is 5.69 Å². The largest absolute Gasteiger partial charge is 0.338 e. The monoisotopic (exact) mass is 292 g/mol. The van der Waals surface area contributed by atoms with Crippen LogP contribution in [0.1, 0.15) is 19.0 Å². The standard InChI is InChI=1S/C10H13ClN2O4S/c1-2-8-4-10(17-12-8)13-5-7(3-9(13)14)6-18(11,15)16/h4,7H,2-3,5-6H2,1H3. The van der Waals surface area contributed by atoms with Crippen LogP contribution in [0, 0.1) is 5.92 Å². The zero-order valence-electron chi connectivity index (χ0n) is 9.80. The molecule has 1 amide bonds. The second-order valence-corrected chi connectivity index (χ2v) is 7.11. The fourth-order valence-corrected chi connectivity index (χ4v) is 3.30. The van der Waals surface area contributed by atoms with Crippen molar-refractivity contribution in [1.29, 1.82) is 0 Å². The van der Waals surface area contributed by atoms with Crippen molar-refractivity contribution in [3.63, 3.8) is 0 Å². The van der Waals surface area contributed by atoms with Crippen LogP contribution in [0.25, 0.3) is 0 Å². The van der Waals surface area contributed by atoms with Crippen molar-refractivity contribution in [2.24, 2.45) is 5.92 Å². The number of carbonyl (C=O) groups excluding carboxylic acids is 1. The molecular formula is C10H13ClN2O4S. The van der Waals surface area contributed by atoms with Gasteiger partial charge in [0.2, 0.25) is 20.8 Å². The number of aryl methyl sites for hydroxylation is 1. The van der Waals surface area contributed by atoms with E-state index in [1.54, 1.807) is 6.07 Å². The quantitative estimate of drug-likeness (QED) is 0.778. The molecule has 1 fully saturated rings. The summed E-state index contributed by atoms with van der Waals surface area (Å²) in [6.45, 7) is 2.22. The summed E-state index contributed by atoms with van der Waals surface area (Å²) >= 11 is 0. The van der Waals surface area contributed by atoms with Crippen LogP contribution in [0.15, 0.2) is 10.6 Å². The molecule has 1 atom stereocenters. The van der Waals surface area contributed by atoms with E-state index < -0.39 is 9.05 Å². The van der Waals surface area contributed by atoms with Gasteiger partial charge >= 0.3 is 0 Å². The normalized spacial score (nSPS) is 20.7. The summed E-state index contributed by atoms with van der Waals surface area (Å²) in [7, 11) is 1.60. The minimum Gasteiger partial charge on any atom is -0.338 e. The van der Waals surface area contributed by atoms with Crippen LogP contribution in [0.2, 0.25) is 0 Å². The van der Waals surface area contributed by atoms with E-state index >= 15 is 0 Å². The topological polar surface area (TPSA) is 80.5 Å². The van der Waals surface area contributed by atoms with Gasteiger partial charge in [-0.2, -0.15) is 0 Å². The minimum atomic E-state index is -3.59. The molecule has 2 rings (SSSR count). The van der Waals surface area contributed by atoms with Gasteiger partial charge in [-0.25, -0.2) is 8.42 Å². The minimum absolute atomic E-state index is 0.161. The zero-order chi connectivity index (χ0) is 13.3. The van der Waals surface area contributed by atoms with E-state index in [2.05, 4.69) is 5.16 Å². The summed E-state index contributed by atoms with van der Waals surface area (Å²) < 4.78 is 27.0. The Morgan fingerprint density at radius 1 is 1.61 bits per heavy atom. The lowest BCUT2D eigenvalue weighted by molar-refractivity contribution is -0.117. The highest BCUT2D eigenvalue weighted by atomic mass is 35.7. The summed E-state index contributed by atoms with van der Waals surface area (Å²) in [6.07, 6.45) is 0.874. The molecule has 0 aromatic carbocycles. The van der Waals surface area contributed by atoms with Crippen molar-refractivity contribution in [3.8, 4) is 0 Å². The Balaban J connectivity index is 2.09. The number of rotatable bonds is 4. The summed E-state index contributed by atoms with van der Waals surface area (Å²) in [5.41, 5.74) is 0.756. The maximum absolute atomic E-state index is 11.8. The fourth-order valence-electron chi connectivity index (χ4n) is 1.98. The number of hydrogen-bond donors (Lipinski definition) is 0. The Kier molecular flexibility index (Phi) is 3.63. The molecule has 2 heterocycles. The summed E-state index contributed by atoms with van der Waals surface area (Å²) in [5, 5.41) is 3.80. The van der Waals surface area contributed by atoms with Gasteiger partial charge in [0.15, 0.2) is 0 Å². The summed E-state index contributed by atoms with van der Waals surface area (Å²) in [6, 6.07) is 1.69. The Morgan fingerprint density at radius 3 is 2.89 bits per heavy atom. The number of nitrogens with zero attached hydrogens (tertiary/aromatic N) is 2. The molecule has 1 aromatic heterocycles. The summed E-state index contributed by atoms with van der Waals surface area (Å²) in [4.78, 5) is 13.2. The average molecular weight is 293 g/mol. The fraction of sp³-hybridized carbons (Fsp3) is 0.600. The Hall–Kier alpha value is -1.08. The zero-order valence-corrected chi connectivity index (χ0v) is 11.4. The summed E-state index contributed by atoms with van der Waals surface area (Å²) in [5.74, 6) is -0.299. The van der Waals surface area contributed by atoms with Crippen molar-refractivity contribution in [3.05, 3.63) is 11.8 Å². The van der Waals surface area contributed by atoms with Gasteiger partial charge in [-0.3, -0.25) is 9.69 Å². The first-order valence-corrected chi connectivity index (χ1v) is 8.05. The molecular weight excluding hydrogens is 280 g/mol. The lowest BCUT2D eigenvalue weighted by Crippen LogP contribution is -2.24. The van der Waals surface area contributed by atoms with Gasteiger partial charge in [-0.1, -0.05) is 12.1 Å². The maximum atomic E-state index is 11.8. The SMILES string of the molecule is CCc1cc(N2CC(CS(=O)(=O)Cl)CC2=O)on1. The molecule has 1 unspecified atom stereocenters. The van der Waals surface area contributed by atoms with Crippen LogP contribution in [0.4, 0.5) is 5.88 Å². The molecule has 100 valence electrons. The molecule has 0 saturated carbocycles. The van der Waals surface area contributed by atoms with Crippen molar-refractivity contribution in [1.82, 2.24) is 5.16 Å². The van der Waals surface area contributed by atoms with Crippen LogP contribution in [-0.2, 0) is 20.3 Å². The molecule has 0 aliphatic carbocycles. The Labute approximate surface area is 109 Å². The second kappa shape index (κ2) is 4.89. The number of halogens is 1. The number of hydrogen-bond acceptors (Lipinski definition) is 5. The Morgan fingerprint density at radius 2 is 2.33 bits per heavy atom. The average Bonchev–Trinajstić information content (AvgIpc) is 2.82. The van der Waals surface area contributed by atoms with Crippen LogP contribution in [-0.4, -0.2) is 31.8 Å². The lowest BCUT2D eigenvalue weighted by atomic mass is 10.1. The van der Waals surface area contributed by atoms with Crippen molar-refractivity contribution >= 4 is 31.5 Å². The first-order valence-electron chi connectivity index (χ1n) is 5.57. The molecule has 0 bridgehead atoms. The number of aromatic nitrogens is 1. The first kappa shape index (κ1) is 13.4. The lowest BCUT2D eigenvalue weighted by Gasteiger charge is -2.11. The van der Waals surface area contributed by atoms with E-state index in [1.807, 2.05) is 6.92 Å². The Bertz CT molecular complexity index is 554. The predicted octanol–water partition coefficient (Wildman–Crippen LogP) is 1.16. The van der Waals surface area contributed by atoms with Crippen LogP contribution in [0.5, 0.6) is 0 Å². The van der Waals surface area contributed by atoms with Gasteiger partial charge in [0.25, 0.3) is 0 Å². The van der Waals surface area contributed by atoms with E-state index in [-0.39, 0.29) is 24.0 Å². The third-order valence-electron chi connectivity index (χ3n) is 2.81. The van der Waals surface area contributed by atoms with Crippen molar-refractivity contribution in [2.75, 3.05) is 17.2 Å². The molecule has 0 spiro atoms. The van der Waals surface area contributed by atoms with E-state index in [1.165, 1.54) is 4.90 Å². The predicted molar refractivity (Wildman–Crippen MR) is 66.0 cm³/mol. The third kappa shape index (κ3) is 3.02. The molecule has 0 N–H and O–H groups in total. The van der Waals surface area contributed by atoms with Gasteiger partial charge < -0.3 is 4.52 Å². The molecule has 0 radical (unpaired) electrons.